The molecule has 7 N–H and O–H groups in total. The van der Waals surface area contributed by atoms with Gasteiger partial charge >= 0.3 is 0 Å². The summed E-state index contributed by atoms with van der Waals surface area (Å²) in [6, 6.07) is 10.4. The summed E-state index contributed by atoms with van der Waals surface area (Å²) in [5.41, 5.74) is 20.6. The van der Waals surface area contributed by atoms with Crippen LogP contribution in [-0.2, 0) is 22.7 Å². The smallest absolute Gasteiger partial charge is 0.250 e. The molecule has 4 aromatic rings. The average molecular weight is 695 g/mol. The van der Waals surface area contributed by atoms with Crippen molar-refractivity contribution in [3.63, 3.8) is 0 Å². The van der Waals surface area contributed by atoms with E-state index in [9.17, 15) is 14.4 Å². The fourth-order valence-electron chi connectivity index (χ4n) is 7.74. The second-order valence-corrected chi connectivity index (χ2v) is 13.9. The van der Waals surface area contributed by atoms with Crippen LogP contribution in [0.4, 0.5) is 17.6 Å². The molecule has 3 aliphatic rings. The van der Waals surface area contributed by atoms with Gasteiger partial charge in [-0.3, -0.25) is 25.0 Å². The number of carbonyl (C=O) groups is 3. The molecule has 0 aliphatic carbocycles. The molecular formula is C36H46N12O3. The number of hydrogen-bond acceptors (Lipinski definition) is 10. The number of fused-ring (bicyclic) bond motifs is 8. The van der Waals surface area contributed by atoms with Gasteiger partial charge in [0.25, 0.3) is 5.91 Å². The Hall–Kier alpha value is -5.28. The lowest BCUT2D eigenvalue weighted by Crippen LogP contribution is -2.47. The van der Waals surface area contributed by atoms with Crippen LogP contribution in [0.25, 0.3) is 22.1 Å². The normalized spacial score (nSPS) is 23.9. The first-order valence-corrected chi connectivity index (χ1v) is 17.7. The van der Waals surface area contributed by atoms with E-state index in [1.165, 1.54) is 0 Å². The van der Waals surface area contributed by atoms with E-state index in [0.717, 1.165) is 48.1 Å². The summed E-state index contributed by atoms with van der Waals surface area (Å²) in [5, 5.41) is 15.2. The third-order valence-corrected chi connectivity index (χ3v) is 10.4. The van der Waals surface area contributed by atoms with E-state index in [0.29, 0.717) is 73.2 Å². The second kappa shape index (κ2) is 14.2. The minimum atomic E-state index is -0.549. The zero-order valence-corrected chi connectivity index (χ0v) is 29.4. The standard InChI is InChI=1S/C36H46N12O3/c1-4-22-20-45(3)48-15-12-24-19-39-44-26(24)16-21(2)17-30(49)41-35-40-27-18-23(33(38)50)10-11-28(27)46(35)13-5-6-14-47-29-9-7-8-25(37)31(29)42-36(47)43-34(51)32(22)48/h7-11,17-18,22,24,32,39H,4-6,12-16,19-20,37H2,1-3H3,(H2,38,50)(H,40,41,49)(H,42,43,51)/b21-17-. The Morgan fingerprint density at radius 2 is 1.76 bits per heavy atom. The highest BCUT2D eigenvalue weighted by Crippen LogP contribution is 2.31. The van der Waals surface area contributed by atoms with Crippen molar-refractivity contribution in [2.45, 2.75) is 65.1 Å². The Balaban J connectivity index is 1.25. The largest absolute Gasteiger partial charge is 0.397 e. The van der Waals surface area contributed by atoms with Gasteiger partial charge in [-0.2, -0.15) is 5.10 Å². The number of para-hydroxylation sites is 1. The maximum atomic E-state index is 14.3. The van der Waals surface area contributed by atoms with E-state index in [1.54, 1.807) is 24.3 Å². The van der Waals surface area contributed by atoms with Gasteiger partial charge in [0.05, 0.1) is 22.2 Å². The molecule has 0 spiro atoms. The number of primary amides is 1. The number of carbonyl (C=O) groups excluding carboxylic acids is 3. The van der Waals surface area contributed by atoms with Crippen molar-refractivity contribution in [1.82, 2.24) is 34.5 Å². The topological polar surface area (TPSA) is 194 Å². The molecule has 0 radical (unpaired) electrons. The Kier molecular flexibility index (Phi) is 9.48. The molecule has 2 aromatic heterocycles. The quantitative estimate of drug-likeness (QED) is 0.196. The highest BCUT2D eigenvalue weighted by Gasteiger charge is 2.42. The highest BCUT2D eigenvalue weighted by molar-refractivity contribution is 6.02. The van der Waals surface area contributed by atoms with Crippen molar-refractivity contribution in [2.24, 2.45) is 22.7 Å². The SMILES string of the molecule is CCC1CN(C)N2CCC3CNN=C3C/C(C)=C\C(=O)Nc3nc4cc(C(N)=O)ccc4n3CCCCn3c(nc4c(N)cccc43)NC(=O)C12. The lowest BCUT2D eigenvalue weighted by Gasteiger charge is -2.31. The summed E-state index contributed by atoms with van der Waals surface area (Å²) in [4.78, 5) is 49.1. The molecule has 0 bridgehead atoms. The van der Waals surface area contributed by atoms with Gasteiger partial charge in [0.1, 0.15) is 11.6 Å². The summed E-state index contributed by atoms with van der Waals surface area (Å²) in [6.07, 6.45) is 5.23. The molecular weight excluding hydrogens is 648 g/mol. The van der Waals surface area contributed by atoms with Crippen LogP contribution in [0.3, 0.4) is 0 Å². The predicted molar refractivity (Wildman–Crippen MR) is 198 cm³/mol. The minimum absolute atomic E-state index is 0.0844. The van der Waals surface area contributed by atoms with Gasteiger partial charge in [-0.25, -0.2) is 20.0 Å². The van der Waals surface area contributed by atoms with Gasteiger partial charge in [0.15, 0.2) is 0 Å². The number of rotatable bonds is 2. The predicted octanol–water partition coefficient (Wildman–Crippen LogP) is 3.30. The Morgan fingerprint density at radius 3 is 2.53 bits per heavy atom. The molecule has 1 fully saturated rings. The zero-order chi connectivity index (χ0) is 35.8. The van der Waals surface area contributed by atoms with Crippen LogP contribution in [0.15, 0.2) is 53.1 Å². The van der Waals surface area contributed by atoms with Gasteiger partial charge in [-0.1, -0.05) is 18.6 Å². The Morgan fingerprint density at radius 1 is 1.00 bits per heavy atom. The summed E-state index contributed by atoms with van der Waals surface area (Å²) in [5.74, 6) is 0.227. The lowest BCUT2D eigenvalue weighted by molar-refractivity contribution is -0.125. The third kappa shape index (κ3) is 6.78. The number of anilines is 3. The number of hydrazine groups is 1. The van der Waals surface area contributed by atoms with Gasteiger partial charge in [-0.15, -0.1) is 0 Å². The number of imidazole rings is 2. The summed E-state index contributed by atoms with van der Waals surface area (Å²) in [6.45, 7) is 7.32. The number of aryl methyl sites for hydroxylation is 2. The van der Waals surface area contributed by atoms with Crippen LogP contribution in [0, 0.1) is 11.8 Å². The number of amides is 3. The number of aromatic nitrogens is 4. The van der Waals surface area contributed by atoms with Crippen molar-refractivity contribution in [3.8, 4) is 0 Å². The van der Waals surface area contributed by atoms with Crippen molar-refractivity contribution in [1.29, 1.82) is 0 Å². The summed E-state index contributed by atoms with van der Waals surface area (Å²) < 4.78 is 3.98. The summed E-state index contributed by atoms with van der Waals surface area (Å²) >= 11 is 0. The number of nitrogens with two attached hydrogens (primary N) is 2. The van der Waals surface area contributed by atoms with E-state index in [4.69, 9.17) is 21.4 Å². The fourth-order valence-corrected chi connectivity index (χ4v) is 7.74. The molecule has 5 heterocycles. The molecule has 268 valence electrons. The van der Waals surface area contributed by atoms with Crippen LogP contribution in [0.1, 0.15) is 56.3 Å². The van der Waals surface area contributed by atoms with Crippen LogP contribution in [0.2, 0.25) is 0 Å². The fraction of sp³-hybridized carbons (Fsp3) is 0.444. The summed E-state index contributed by atoms with van der Waals surface area (Å²) in [7, 11) is 2.05. The first-order valence-electron chi connectivity index (χ1n) is 17.7. The Labute approximate surface area is 296 Å². The maximum absolute atomic E-state index is 14.3. The molecule has 3 atom stereocenters. The van der Waals surface area contributed by atoms with E-state index in [1.807, 2.05) is 41.3 Å². The van der Waals surface area contributed by atoms with Gasteiger partial charge in [-0.05, 0) is 68.9 Å². The van der Waals surface area contributed by atoms with Crippen molar-refractivity contribution in [2.75, 3.05) is 43.0 Å². The van der Waals surface area contributed by atoms with E-state index < -0.39 is 5.91 Å². The molecule has 7 rings (SSSR count). The van der Waals surface area contributed by atoms with Gasteiger partial charge in [0, 0.05) is 69.5 Å². The molecule has 15 nitrogen and oxygen atoms in total. The first-order chi connectivity index (χ1) is 24.6. The van der Waals surface area contributed by atoms with Crippen molar-refractivity contribution >= 4 is 63.1 Å². The number of hydrazone groups is 1. The highest BCUT2D eigenvalue weighted by atomic mass is 16.2. The molecule has 3 amide bonds. The number of allylic oxidation sites excluding steroid dienone is 1. The van der Waals surface area contributed by atoms with Gasteiger partial charge < -0.3 is 26.0 Å². The van der Waals surface area contributed by atoms with E-state index in [-0.39, 0.29) is 29.7 Å². The first kappa shape index (κ1) is 34.2. The molecule has 1 saturated heterocycles. The number of hydrogen-bond donors (Lipinski definition) is 5. The Bertz CT molecular complexity index is 2060. The lowest BCUT2D eigenvalue weighted by atomic mass is 9.94. The van der Waals surface area contributed by atoms with Crippen molar-refractivity contribution in [3.05, 3.63) is 53.6 Å². The van der Waals surface area contributed by atoms with Crippen LogP contribution in [-0.4, -0.2) is 85.3 Å². The number of nitrogens with one attached hydrogen (secondary N) is 3. The molecule has 3 unspecified atom stereocenters. The van der Waals surface area contributed by atoms with Gasteiger partial charge in [0.2, 0.25) is 23.7 Å². The number of nitrogens with zero attached hydrogens (tertiary/aromatic N) is 7. The van der Waals surface area contributed by atoms with Crippen LogP contribution >= 0.6 is 0 Å². The third-order valence-electron chi connectivity index (χ3n) is 10.4. The monoisotopic (exact) mass is 694 g/mol. The molecule has 2 aromatic carbocycles. The van der Waals surface area contributed by atoms with E-state index in [2.05, 4.69) is 38.1 Å². The average Bonchev–Trinajstić information content (AvgIpc) is 3.85. The van der Waals surface area contributed by atoms with Crippen LogP contribution < -0.4 is 27.5 Å². The number of nitrogen functional groups attached to an aromatic ring is 1. The molecule has 51 heavy (non-hydrogen) atoms. The molecule has 0 saturated carbocycles. The van der Waals surface area contributed by atoms with Crippen LogP contribution in [0.5, 0.6) is 0 Å². The minimum Gasteiger partial charge on any atom is -0.397 e. The molecule has 15 heteroatoms. The second-order valence-electron chi connectivity index (χ2n) is 13.9. The maximum Gasteiger partial charge on any atom is 0.250 e. The van der Waals surface area contributed by atoms with E-state index >= 15 is 0 Å². The molecule has 3 aliphatic heterocycles. The zero-order valence-electron chi connectivity index (χ0n) is 29.4. The van der Waals surface area contributed by atoms with Crippen molar-refractivity contribution < 1.29 is 14.4 Å². The number of benzene rings is 2.